The molecule has 2 aromatic carbocycles. The van der Waals surface area contributed by atoms with Crippen molar-refractivity contribution in [2.75, 3.05) is 26.7 Å². The highest BCUT2D eigenvalue weighted by Gasteiger charge is 2.33. The zero-order chi connectivity index (χ0) is 22.6. The lowest BCUT2D eigenvalue weighted by molar-refractivity contribution is 0.187. The third-order valence-electron chi connectivity index (χ3n) is 7.47. The van der Waals surface area contributed by atoms with E-state index in [1.54, 1.807) is 35.7 Å². The van der Waals surface area contributed by atoms with Gasteiger partial charge in [0.25, 0.3) is 0 Å². The van der Waals surface area contributed by atoms with E-state index in [-0.39, 0.29) is 0 Å². The van der Waals surface area contributed by atoms with Crippen molar-refractivity contribution < 1.29 is 13.2 Å². The lowest BCUT2D eigenvalue weighted by atomic mass is 9.72. The minimum atomic E-state index is -3.38. The maximum atomic E-state index is 12.9. The Morgan fingerprint density at radius 1 is 1.06 bits per heavy atom. The first-order chi connectivity index (χ1) is 15.5. The predicted molar refractivity (Wildman–Crippen MR) is 128 cm³/mol. The van der Waals surface area contributed by atoms with Crippen LogP contribution in [0, 0.1) is 17.8 Å². The van der Waals surface area contributed by atoms with Crippen LogP contribution in [0.3, 0.4) is 0 Å². The Morgan fingerprint density at radius 3 is 2.50 bits per heavy atom. The van der Waals surface area contributed by atoms with Gasteiger partial charge in [0.15, 0.2) is 0 Å². The maximum Gasteiger partial charge on any atom is 0.243 e. The summed E-state index contributed by atoms with van der Waals surface area (Å²) in [5.74, 6) is 2.75. The largest absolute Gasteiger partial charge is 0.497 e. The molecule has 0 aromatic heterocycles. The summed E-state index contributed by atoms with van der Waals surface area (Å²) in [6.45, 7) is 1.94. The van der Waals surface area contributed by atoms with Crippen molar-refractivity contribution in [1.82, 2.24) is 4.31 Å². The van der Waals surface area contributed by atoms with Gasteiger partial charge in [-0.05, 0) is 105 Å². The van der Waals surface area contributed by atoms with E-state index < -0.39 is 10.0 Å². The molecule has 174 valence electrons. The summed E-state index contributed by atoms with van der Waals surface area (Å²) in [7, 11) is -1.66. The van der Waals surface area contributed by atoms with Gasteiger partial charge >= 0.3 is 0 Å². The molecule has 1 aliphatic heterocycles. The first-order valence-corrected chi connectivity index (χ1v) is 13.4. The Hall–Kier alpha value is -1.89. The normalized spacial score (nSPS) is 21.1. The quantitative estimate of drug-likeness (QED) is 0.644. The highest BCUT2D eigenvalue weighted by Crippen LogP contribution is 2.38. The van der Waals surface area contributed by atoms with E-state index in [1.807, 2.05) is 6.07 Å². The lowest BCUT2D eigenvalue weighted by Gasteiger charge is -2.37. The van der Waals surface area contributed by atoms with Crippen molar-refractivity contribution in [2.24, 2.45) is 23.5 Å². The van der Waals surface area contributed by atoms with Gasteiger partial charge in [-0.3, -0.25) is 0 Å². The first kappa shape index (κ1) is 23.3. The Bertz CT molecular complexity index is 985. The maximum absolute atomic E-state index is 12.9. The van der Waals surface area contributed by atoms with E-state index in [1.165, 1.54) is 17.5 Å². The molecular formula is C26H36N2O3S. The van der Waals surface area contributed by atoms with E-state index in [0.29, 0.717) is 42.3 Å². The summed E-state index contributed by atoms with van der Waals surface area (Å²) in [6.07, 6.45) is 7.50. The SMILES string of the molecule is COc1ccc2c(c1)CC(C(CCN)CC1CCN(S(=O)(=O)c3ccccc3)CC1)CC2. The molecule has 2 unspecified atom stereocenters. The van der Waals surface area contributed by atoms with Crippen LogP contribution < -0.4 is 10.5 Å². The molecule has 1 aliphatic carbocycles. The number of methoxy groups -OCH3 is 1. The van der Waals surface area contributed by atoms with Gasteiger partial charge in [0, 0.05) is 13.1 Å². The van der Waals surface area contributed by atoms with Crippen molar-refractivity contribution >= 4 is 10.0 Å². The van der Waals surface area contributed by atoms with Crippen LogP contribution in [-0.2, 0) is 22.9 Å². The highest BCUT2D eigenvalue weighted by molar-refractivity contribution is 7.89. The molecule has 1 saturated heterocycles. The molecule has 1 fully saturated rings. The average molecular weight is 457 g/mol. The van der Waals surface area contributed by atoms with Crippen molar-refractivity contribution in [3.05, 3.63) is 59.7 Å². The van der Waals surface area contributed by atoms with Gasteiger partial charge in [0.05, 0.1) is 12.0 Å². The summed E-state index contributed by atoms with van der Waals surface area (Å²) >= 11 is 0. The molecule has 0 bridgehead atoms. The van der Waals surface area contributed by atoms with Crippen LogP contribution in [0.25, 0.3) is 0 Å². The molecule has 2 aliphatic rings. The highest BCUT2D eigenvalue weighted by atomic mass is 32.2. The van der Waals surface area contributed by atoms with E-state index in [4.69, 9.17) is 10.5 Å². The van der Waals surface area contributed by atoms with Crippen LogP contribution >= 0.6 is 0 Å². The summed E-state index contributed by atoms with van der Waals surface area (Å²) in [5, 5.41) is 0. The Balaban J connectivity index is 1.37. The van der Waals surface area contributed by atoms with Crippen LogP contribution in [0.1, 0.15) is 43.2 Å². The van der Waals surface area contributed by atoms with E-state index in [0.717, 1.165) is 44.3 Å². The monoisotopic (exact) mass is 456 g/mol. The number of aryl methyl sites for hydroxylation is 1. The fourth-order valence-corrected chi connectivity index (χ4v) is 7.10. The van der Waals surface area contributed by atoms with Gasteiger partial charge < -0.3 is 10.5 Å². The number of piperidine rings is 1. The molecule has 0 saturated carbocycles. The standard InChI is InChI=1S/C26H36N2O3S/c1-31-25-10-9-21-7-8-22(18-24(21)19-25)23(11-14-27)17-20-12-15-28(16-13-20)32(29,30)26-5-3-2-4-6-26/h2-6,9-10,19-20,22-23H,7-8,11-18,27H2,1H3. The van der Waals surface area contributed by atoms with Crippen molar-refractivity contribution in [3.8, 4) is 5.75 Å². The van der Waals surface area contributed by atoms with Crippen molar-refractivity contribution in [2.45, 2.75) is 49.8 Å². The molecule has 0 amide bonds. The minimum absolute atomic E-state index is 0.399. The molecule has 4 rings (SSSR count). The minimum Gasteiger partial charge on any atom is -0.497 e. The smallest absolute Gasteiger partial charge is 0.243 e. The first-order valence-electron chi connectivity index (χ1n) is 11.9. The topological polar surface area (TPSA) is 72.6 Å². The second-order valence-corrected chi connectivity index (χ2v) is 11.3. The number of benzene rings is 2. The molecular weight excluding hydrogens is 420 g/mol. The Morgan fingerprint density at radius 2 is 1.81 bits per heavy atom. The number of hydrogen-bond donors (Lipinski definition) is 1. The molecule has 5 nitrogen and oxygen atoms in total. The van der Waals surface area contributed by atoms with Crippen LogP contribution in [0.15, 0.2) is 53.4 Å². The molecule has 2 atom stereocenters. The molecule has 0 spiro atoms. The van der Waals surface area contributed by atoms with Crippen LogP contribution in [0.4, 0.5) is 0 Å². The zero-order valence-electron chi connectivity index (χ0n) is 19.1. The molecule has 2 aromatic rings. The Kier molecular flexibility index (Phi) is 7.54. The van der Waals surface area contributed by atoms with Gasteiger partial charge in [-0.1, -0.05) is 24.3 Å². The Labute approximate surface area is 193 Å². The van der Waals surface area contributed by atoms with E-state index in [9.17, 15) is 8.42 Å². The number of hydrogen-bond acceptors (Lipinski definition) is 4. The summed E-state index contributed by atoms with van der Waals surface area (Å²) in [6, 6.07) is 15.3. The van der Waals surface area contributed by atoms with Crippen molar-refractivity contribution in [3.63, 3.8) is 0 Å². The molecule has 6 heteroatoms. The van der Waals surface area contributed by atoms with Gasteiger partial charge in [-0.2, -0.15) is 4.31 Å². The van der Waals surface area contributed by atoms with Gasteiger partial charge in [0.1, 0.15) is 5.75 Å². The number of nitrogens with zero attached hydrogens (tertiary/aromatic N) is 1. The number of sulfonamides is 1. The second-order valence-electron chi connectivity index (χ2n) is 9.37. The number of fused-ring (bicyclic) bond motifs is 1. The fourth-order valence-electron chi connectivity index (χ4n) is 5.61. The summed E-state index contributed by atoms with van der Waals surface area (Å²) in [5.41, 5.74) is 8.89. The summed E-state index contributed by atoms with van der Waals surface area (Å²) < 4.78 is 33.0. The number of nitrogens with two attached hydrogens (primary N) is 1. The third-order valence-corrected chi connectivity index (χ3v) is 9.39. The number of rotatable bonds is 8. The number of ether oxygens (including phenoxy) is 1. The molecule has 1 heterocycles. The van der Waals surface area contributed by atoms with Crippen LogP contribution in [0.2, 0.25) is 0 Å². The molecule has 0 radical (unpaired) electrons. The zero-order valence-corrected chi connectivity index (χ0v) is 19.9. The lowest BCUT2D eigenvalue weighted by Crippen LogP contribution is -2.39. The summed E-state index contributed by atoms with van der Waals surface area (Å²) in [4.78, 5) is 0.399. The second kappa shape index (κ2) is 10.4. The van der Waals surface area contributed by atoms with Gasteiger partial charge in [-0.25, -0.2) is 8.42 Å². The molecule has 32 heavy (non-hydrogen) atoms. The van der Waals surface area contributed by atoms with Crippen LogP contribution in [0.5, 0.6) is 5.75 Å². The van der Waals surface area contributed by atoms with Crippen LogP contribution in [-0.4, -0.2) is 39.5 Å². The fraction of sp³-hybridized carbons (Fsp3) is 0.538. The van der Waals surface area contributed by atoms with E-state index in [2.05, 4.69) is 18.2 Å². The van der Waals surface area contributed by atoms with Gasteiger partial charge in [-0.15, -0.1) is 0 Å². The van der Waals surface area contributed by atoms with Gasteiger partial charge in [0.2, 0.25) is 10.0 Å². The third kappa shape index (κ3) is 5.19. The van der Waals surface area contributed by atoms with Crippen molar-refractivity contribution in [1.29, 1.82) is 0 Å². The van der Waals surface area contributed by atoms with E-state index >= 15 is 0 Å². The predicted octanol–water partition coefficient (Wildman–Crippen LogP) is 4.26. The average Bonchev–Trinajstić information content (AvgIpc) is 2.84. The molecule has 2 N–H and O–H groups in total.